The number of methoxy groups -OCH3 is 1. The van der Waals surface area contributed by atoms with Gasteiger partial charge in [-0.2, -0.15) is 0 Å². The molecule has 1 N–H and O–H groups in total. The topological polar surface area (TPSA) is 53.1 Å². The Labute approximate surface area is 187 Å². The summed E-state index contributed by atoms with van der Waals surface area (Å²) < 4.78 is 16.7. The number of carbonyl (C=O) groups excluding carboxylic acids is 1. The lowest BCUT2D eigenvalue weighted by Gasteiger charge is -2.57. The summed E-state index contributed by atoms with van der Waals surface area (Å²) in [6.45, 7) is 13.8. The molecule has 3 aliphatic rings. The van der Waals surface area contributed by atoms with Crippen molar-refractivity contribution in [3.8, 4) is 0 Å². The van der Waals surface area contributed by atoms with Gasteiger partial charge in [-0.05, 0) is 74.3 Å². The predicted molar refractivity (Wildman–Crippen MR) is 120 cm³/mol. The van der Waals surface area contributed by atoms with Crippen molar-refractivity contribution in [2.45, 2.75) is 65.3 Å². The number of rotatable bonds is 6. The fraction of sp³-hybridized carbons (Fsp3) is 0.731. The first-order valence-electron chi connectivity index (χ1n) is 12.1. The minimum Gasteiger partial charge on any atom is -0.469 e. The molecule has 31 heavy (non-hydrogen) atoms. The van der Waals surface area contributed by atoms with Crippen LogP contribution in [-0.4, -0.2) is 39.4 Å². The summed E-state index contributed by atoms with van der Waals surface area (Å²) in [5, 5.41) is 0. The number of quaternary nitrogens is 1. The summed E-state index contributed by atoms with van der Waals surface area (Å²) in [4.78, 5) is 14.3. The molecule has 0 spiro atoms. The quantitative estimate of drug-likeness (QED) is 0.554. The van der Waals surface area contributed by atoms with Crippen molar-refractivity contribution in [2.75, 3.05) is 33.4 Å². The van der Waals surface area contributed by atoms with Crippen molar-refractivity contribution in [1.82, 2.24) is 0 Å². The summed E-state index contributed by atoms with van der Waals surface area (Å²) >= 11 is 0. The molecule has 1 saturated heterocycles. The lowest BCUT2D eigenvalue weighted by atomic mass is 9.46. The van der Waals surface area contributed by atoms with E-state index >= 15 is 0 Å². The number of aryl methyl sites for hydroxylation is 1. The fourth-order valence-corrected chi connectivity index (χ4v) is 7.07. The molecule has 0 unspecified atom stereocenters. The smallest absolute Gasteiger partial charge is 0.311 e. The van der Waals surface area contributed by atoms with E-state index in [4.69, 9.17) is 13.9 Å². The largest absolute Gasteiger partial charge is 0.469 e. The van der Waals surface area contributed by atoms with Crippen LogP contribution in [0, 0.1) is 22.7 Å². The second-order valence-electron chi connectivity index (χ2n) is 10.5. The summed E-state index contributed by atoms with van der Waals surface area (Å²) in [7, 11) is 1.54. The SMILES string of the molecule is C=C1CC[C@H]2[C@](C)(CCC[C@]2(C)C(=O)OC)[C@H]1CCc1ccoc1C[NH+]1CCOCC1. The molecule has 4 rings (SSSR count). The monoisotopic (exact) mass is 430 g/mol. The maximum Gasteiger partial charge on any atom is 0.311 e. The van der Waals surface area contributed by atoms with Crippen molar-refractivity contribution in [3.63, 3.8) is 0 Å². The Kier molecular flexibility index (Phi) is 6.64. The number of hydrogen-bond acceptors (Lipinski definition) is 4. The van der Waals surface area contributed by atoms with Crippen LogP contribution in [0.5, 0.6) is 0 Å². The third kappa shape index (κ3) is 4.23. The molecular weight excluding hydrogens is 390 g/mol. The number of hydrogen-bond donors (Lipinski definition) is 1. The highest BCUT2D eigenvalue weighted by atomic mass is 16.5. The van der Waals surface area contributed by atoms with E-state index in [0.717, 1.165) is 77.1 Å². The van der Waals surface area contributed by atoms with Crippen LogP contribution in [0.1, 0.15) is 63.7 Å². The molecule has 0 bridgehead atoms. The number of furan rings is 1. The Morgan fingerprint density at radius 2 is 2.06 bits per heavy atom. The molecule has 2 saturated carbocycles. The molecular formula is C26H40NO4+. The van der Waals surface area contributed by atoms with Gasteiger partial charge in [0, 0.05) is 0 Å². The molecule has 2 aliphatic carbocycles. The number of morpholine rings is 1. The third-order valence-electron chi connectivity index (χ3n) is 8.82. The summed E-state index contributed by atoms with van der Waals surface area (Å²) in [5.74, 6) is 1.90. The summed E-state index contributed by atoms with van der Waals surface area (Å²) in [6.07, 6.45) is 9.20. The Balaban J connectivity index is 1.49. The van der Waals surface area contributed by atoms with Crippen molar-refractivity contribution >= 4 is 5.97 Å². The van der Waals surface area contributed by atoms with Crippen LogP contribution < -0.4 is 4.90 Å². The average Bonchev–Trinajstić information content (AvgIpc) is 3.20. The van der Waals surface area contributed by atoms with E-state index in [9.17, 15) is 4.79 Å². The van der Waals surface area contributed by atoms with Gasteiger partial charge in [-0.15, -0.1) is 0 Å². The fourth-order valence-electron chi connectivity index (χ4n) is 7.07. The lowest BCUT2D eigenvalue weighted by molar-refractivity contribution is -0.922. The predicted octanol–water partition coefficient (Wildman–Crippen LogP) is 3.58. The van der Waals surface area contributed by atoms with Crippen LogP contribution in [0.25, 0.3) is 0 Å². The van der Waals surface area contributed by atoms with Gasteiger partial charge >= 0.3 is 5.97 Å². The minimum atomic E-state index is -0.374. The first-order valence-corrected chi connectivity index (χ1v) is 12.1. The van der Waals surface area contributed by atoms with E-state index in [1.165, 1.54) is 29.6 Å². The average molecular weight is 431 g/mol. The Morgan fingerprint density at radius 3 is 2.81 bits per heavy atom. The zero-order valence-electron chi connectivity index (χ0n) is 19.6. The molecule has 3 fully saturated rings. The Bertz CT molecular complexity index is 795. The van der Waals surface area contributed by atoms with Gasteiger partial charge in [-0.25, -0.2) is 0 Å². The van der Waals surface area contributed by atoms with Crippen molar-refractivity contribution in [1.29, 1.82) is 0 Å². The molecule has 4 atom stereocenters. The van der Waals surface area contributed by atoms with Gasteiger partial charge in [0.15, 0.2) is 5.76 Å². The molecule has 2 heterocycles. The van der Waals surface area contributed by atoms with Crippen molar-refractivity contribution in [3.05, 3.63) is 35.8 Å². The van der Waals surface area contributed by atoms with E-state index in [-0.39, 0.29) is 16.8 Å². The molecule has 0 amide bonds. The van der Waals surface area contributed by atoms with Crippen LogP contribution in [-0.2, 0) is 27.2 Å². The van der Waals surface area contributed by atoms with E-state index in [2.05, 4.69) is 26.5 Å². The van der Waals surface area contributed by atoms with Gasteiger partial charge in [0.2, 0.25) is 0 Å². The standard InChI is InChI=1S/C26H39NO4/c1-19-6-9-23-25(2,11-5-12-26(23,3)24(28)29-4)21(19)8-7-20-10-15-31-22(20)18-27-13-16-30-17-14-27/h10,15,21,23H,1,5-9,11-14,16-18H2,2-4H3/p+1/t21-,23-,25+,26-/m0/s1. The lowest BCUT2D eigenvalue weighted by Crippen LogP contribution is -3.12. The van der Waals surface area contributed by atoms with Gasteiger partial charge in [0.05, 0.1) is 32.0 Å². The summed E-state index contributed by atoms with van der Waals surface area (Å²) in [5.41, 5.74) is 2.44. The van der Waals surface area contributed by atoms with Crippen molar-refractivity contribution in [2.24, 2.45) is 22.7 Å². The molecule has 5 heteroatoms. The first kappa shape index (κ1) is 22.6. The first-order chi connectivity index (χ1) is 14.9. The Morgan fingerprint density at radius 1 is 1.29 bits per heavy atom. The third-order valence-corrected chi connectivity index (χ3v) is 8.82. The maximum atomic E-state index is 12.8. The van der Waals surface area contributed by atoms with Crippen LogP contribution in [0.2, 0.25) is 0 Å². The zero-order valence-corrected chi connectivity index (χ0v) is 19.6. The summed E-state index contributed by atoms with van der Waals surface area (Å²) in [6, 6.07) is 2.15. The number of esters is 1. The van der Waals surface area contributed by atoms with Crippen LogP contribution in [0.15, 0.2) is 28.9 Å². The molecule has 5 nitrogen and oxygen atoms in total. The van der Waals surface area contributed by atoms with Crippen LogP contribution in [0.3, 0.4) is 0 Å². The molecule has 0 aromatic carbocycles. The second kappa shape index (κ2) is 9.11. The second-order valence-corrected chi connectivity index (χ2v) is 10.5. The van der Waals surface area contributed by atoms with Gasteiger partial charge in [-0.3, -0.25) is 4.79 Å². The number of nitrogens with one attached hydrogen (secondary N) is 1. The zero-order chi connectivity index (χ0) is 22.1. The highest BCUT2D eigenvalue weighted by Gasteiger charge is 2.57. The molecule has 1 aromatic heterocycles. The highest BCUT2D eigenvalue weighted by molar-refractivity contribution is 5.77. The minimum absolute atomic E-state index is 0.0275. The highest BCUT2D eigenvalue weighted by Crippen LogP contribution is 2.62. The number of ether oxygens (including phenoxy) is 2. The number of carbonyl (C=O) groups is 1. The van der Waals surface area contributed by atoms with Gasteiger partial charge in [-0.1, -0.05) is 25.5 Å². The molecule has 172 valence electrons. The van der Waals surface area contributed by atoms with Crippen LogP contribution in [0.4, 0.5) is 0 Å². The number of fused-ring (bicyclic) bond motifs is 1. The van der Waals surface area contributed by atoms with Gasteiger partial charge < -0.3 is 18.8 Å². The maximum absolute atomic E-state index is 12.8. The molecule has 1 aliphatic heterocycles. The van der Waals surface area contributed by atoms with Crippen molar-refractivity contribution < 1.29 is 23.6 Å². The molecule has 1 aromatic rings. The van der Waals surface area contributed by atoms with E-state index in [0.29, 0.717) is 11.8 Å². The van der Waals surface area contributed by atoms with Gasteiger partial charge in [0.1, 0.15) is 19.6 Å². The van der Waals surface area contributed by atoms with Crippen LogP contribution >= 0.6 is 0 Å². The van der Waals surface area contributed by atoms with E-state index in [1.807, 2.05) is 6.26 Å². The normalized spacial score (nSPS) is 34.4. The van der Waals surface area contributed by atoms with Gasteiger partial charge in [0.25, 0.3) is 0 Å². The van der Waals surface area contributed by atoms with E-state index in [1.54, 1.807) is 0 Å². The number of allylic oxidation sites excluding steroid dienone is 1. The van der Waals surface area contributed by atoms with E-state index < -0.39 is 0 Å². The Hall–Kier alpha value is -1.59. The molecule has 0 radical (unpaired) electrons.